The van der Waals surface area contributed by atoms with Gasteiger partial charge < -0.3 is 4.90 Å². The molecule has 0 N–H and O–H groups in total. The molecule has 0 spiro atoms. The molecule has 1 heteroatoms. The minimum Gasteiger partial charge on any atom is -0.306 e. The molecule has 16 heavy (non-hydrogen) atoms. The Morgan fingerprint density at radius 1 is 0.688 bits per heavy atom. The van der Waals surface area contributed by atoms with E-state index in [9.17, 15) is 0 Å². The summed E-state index contributed by atoms with van der Waals surface area (Å²) in [5, 5.41) is 0. The molecule has 1 rings (SSSR count). The maximum atomic E-state index is 2.40. The normalized spacial score (nSPS) is 14.6. The van der Waals surface area contributed by atoms with E-state index in [4.69, 9.17) is 0 Å². The number of piperidine rings is 1. The lowest BCUT2D eigenvalue weighted by Crippen LogP contribution is -2.28. The van der Waals surface area contributed by atoms with Crippen LogP contribution < -0.4 is 0 Å². The van der Waals surface area contributed by atoms with Crippen LogP contribution in [0.15, 0.2) is 0 Å². The highest BCUT2D eigenvalue weighted by molar-refractivity contribution is 4.65. The molecule has 1 saturated heterocycles. The third kappa shape index (κ3) is 23.6. The molecule has 0 atom stereocenters. The van der Waals surface area contributed by atoms with Crippen molar-refractivity contribution in [1.82, 2.24) is 4.90 Å². The van der Waals surface area contributed by atoms with E-state index < -0.39 is 0 Å². The molecule has 1 nitrogen and oxygen atoms in total. The van der Waals surface area contributed by atoms with Crippen LogP contribution in [0.5, 0.6) is 0 Å². The average molecular weight is 233 g/mol. The van der Waals surface area contributed by atoms with E-state index in [-0.39, 0.29) is 0 Å². The van der Waals surface area contributed by atoms with Gasteiger partial charge in [-0.05, 0) is 38.9 Å². The van der Waals surface area contributed by atoms with Gasteiger partial charge in [-0.25, -0.2) is 0 Å². The van der Waals surface area contributed by atoms with E-state index in [1.165, 1.54) is 25.9 Å². The summed E-state index contributed by atoms with van der Waals surface area (Å²) in [6, 6.07) is 0. The van der Waals surface area contributed by atoms with Gasteiger partial charge in [0.2, 0.25) is 0 Å². The van der Waals surface area contributed by atoms with Crippen molar-refractivity contribution in [3.63, 3.8) is 0 Å². The van der Waals surface area contributed by atoms with Crippen molar-refractivity contribution >= 4 is 0 Å². The lowest BCUT2D eigenvalue weighted by atomic mass is 10.00. The first-order chi connectivity index (χ1) is 7.79. The second-order valence-electron chi connectivity index (χ2n) is 2.99. The van der Waals surface area contributed by atoms with Crippen LogP contribution >= 0.6 is 0 Å². The van der Waals surface area contributed by atoms with Crippen molar-refractivity contribution in [3.8, 4) is 0 Å². The molecule has 1 heterocycles. The zero-order chi connectivity index (χ0) is 14.0. The fourth-order valence-electron chi connectivity index (χ4n) is 1.14. The Morgan fingerprint density at radius 3 is 1.12 bits per heavy atom. The van der Waals surface area contributed by atoms with Crippen molar-refractivity contribution in [2.75, 3.05) is 20.1 Å². The molecule has 0 aromatic carbocycles. The fraction of sp³-hybridized carbons (Fsp3) is 1.00. The van der Waals surface area contributed by atoms with Gasteiger partial charge in [-0.1, -0.05) is 62.3 Å². The summed E-state index contributed by atoms with van der Waals surface area (Å²) in [7, 11) is 2.20. The second-order valence-corrected chi connectivity index (χ2v) is 2.99. The molecule has 0 aromatic rings. The van der Waals surface area contributed by atoms with Crippen molar-refractivity contribution < 1.29 is 0 Å². The Kier molecular flexibility index (Phi) is 45.9. The fourth-order valence-corrected chi connectivity index (χ4v) is 1.14. The van der Waals surface area contributed by atoms with E-state index in [0.29, 0.717) is 0 Å². The van der Waals surface area contributed by atoms with Crippen LogP contribution in [0.25, 0.3) is 0 Å². The number of hydrogen-bond donors (Lipinski definition) is 0. The van der Waals surface area contributed by atoms with Crippen LogP contribution in [0.2, 0.25) is 0 Å². The third-order valence-electron chi connectivity index (χ3n) is 2.01. The third-order valence-corrected chi connectivity index (χ3v) is 2.01. The van der Waals surface area contributed by atoms with Crippen molar-refractivity contribution in [2.45, 2.75) is 75.2 Å². The molecule has 0 aromatic heterocycles. The Hall–Kier alpha value is -0.0400. The van der Waals surface area contributed by atoms with Crippen LogP contribution in [0.3, 0.4) is 0 Å². The monoisotopic (exact) mass is 233 g/mol. The van der Waals surface area contributed by atoms with Gasteiger partial charge in [0.1, 0.15) is 0 Å². The second kappa shape index (κ2) is 29.4. The number of hydrogen-bond acceptors (Lipinski definition) is 1. The number of nitrogens with zero attached hydrogens (tertiary/aromatic N) is 1. The minimum atomic E-state index is 0.978. The molecular weight excluding hydrogens is 194 g/mol. The van der Waals surface area contributed by atoms with Crippen molar-refractivity contribution in [3.05, 3.63) is 0 Å². The van der Waals surface area contributed by atoms with Crippen LogP contribution in [0, 0.1) is 5.92 Å². The van der Waals surface area contributed by atoms with Gasteiger partial charge in [0, 0.05) is 0 Å². The summed E-state index contributed by atoms with van der Waals surface area (Å²) < 4.78 is 0. The molecule has 0 saturated carbocycles. The first-order valence-corrected chi connectivity index (χ1v) is 7.47. The largest absolute Gasteiger partial charge is 0.306 e. The molecular formula is C15H39N. The minimum absolute atomic E-state index is 0.978. The molecule has 0 radical (unpaired) electrons. The van der Waals surface area contributed by atoms with E-state index in [0.717, 1.165) is 5.92 Å². The lowest BCUT2D eigenvalue weighted by Gasteiger charge is -2.26. The maximum Gasteiger partial charge on any atom is -0.00192 e. The van der Waals surface area contributed by atoms with Gasteiger partial charge >= 0.3 is 0 Å². The van der Waals surface area contributed by atoms with Crippen LogP contribution in [-0.4, -0.2) is 25.0 Å². The zero-order valence-electron chi connectivity index (χ0n) is 13.9. The Bertz CT molecular complexity index is 53.8. The van der Waals surface area contributed by atoms with Gasteiger partial charge in [0.05, 0.1) is 0 Å². The first-order valence-electron chi connectivity index (χ1n) is 7.47. The molecule has 0 aliphatic carbocycles. The summed E-state index contributed by atoms with van der Waals surface area (Å²) in [4.78, 5) is 2.40. The van der Waals surface area contributed by atoms with Crippen LogP contribution in [0.4, 0.5) is 0 Å². The number of rotatable bonds is 0. The summed E-state index contributed by atoms with van der Waals surface area (Å²) in [6.45, 7) is 21.0. The molecule has 0 unspecified atom stereocenters. The van der Waals surface area contributed by atoms with E-state index in [1.807, 2.05) is 55.4 Å². The Morgan fingerprint density at radius 2 is 0.938 bits per heavy atom. The predicted molar refractivity (Wildman–Crippen MR) is 81.3 cm³/mol. The van der Waals surface area contributed by atoms with Crippen molar-refractivity contribution in [2.24, 2.45) is 5.92 Å². The quantitative estimate of drug-likeness (QED) is 0.537. The predicted octanol–water partition coefficient (Wildman–Crippen LogP) is 5.45. The topological polar surface area (TPSA) is 3.24 Å². The van der Waals surface area contributed by atoms with E-state index in [1.54, 1.807) is 0 Å². The molecule has 1 aliphatic heterocycles. The van der Waals surface area contributed by atoms with E-state index >= 15 is 0 Å². The highest BCUT2D eigenvalue weighted by atomic mass is 15.1. The molecule has 0 bridgehead atoms. The standard InChI is InChI=1S/C7H15N.4C2H6/c1-7-3-5-8(2)6-4-7;4*1-2/h7H,3-6H2,1-2H3;4*1-2H3. The van der Waals surface area contributed by atoms with E-state index in [2.05, 4.69) is 18.9 Å². The Balaban J connectivity index is -0.0000000771. The van der Waals surface area contributed by atoms with Gasteiger partial charge in [-0.2, -0.15) is 0 Å². The SMILES string of the molecule is CC.CC.CC.CC.CC1CCN(C)CC1. The van der Waals surface area contributed by atoms with Gasteiger partial charge in [-0.3, -0.25) is 0 Å². The summed E-state index contributed by atoms with van der Waals surface area (Å²) in [6.07, 6.45) is 2.80. The Labute approximate surface area is 107 Å². The van der Waals surface area contributed by atoms with Crippen LogP contribution in [0.1, 0.15) is 75.2 Å². The smallest absolute Gasteiger partial charge is 0.00192 e. The molecule has 0 amide bonds. The molecule has 1 aliphatic rings. The first kappa shape index (κ1) is 25.0. The van der Waals surface area contributed by atoms with Gasteiger partial charge in [-0.15, -0.1) is 0 Å². The molecule has 104 valence electrons. The summed E-state index contributed by atoms with van der Waals surface area (Å²) in [5.74, 6) is 0.978. The summed E-state index contributed by atoms with van der Waals surface area (Å²) >= 11 is 0. The maximum absolute atomic E-state index is 2.40. The molecule has 1 fully saturated rings. The zero-order valence-corrected chi connectivity index (χ0v) is 13.9. The van der Waals surface area contributed by atoms with Crippen LogP contribution in [-0.2, 0) is 0 Å². The van der Waals surface area contributed by atoms with Gasteiger partial charge in [0.25, 0.3) is 0 Å². The highest BCUT2D eigenvalue weighted by Gasteiger charge is 2.10. The summed E-state index contributed by atoms with van der Waals surface area (Å²) in [5.41, 5.74) is 0. The lowest BCUT2D eigenvalue weighted by molar-refractivity contribution is 0.230. The average Bonchev–Trinajstić information content (AvgIpc) is 2.42. The van der Waals surface area contributed by atoms with Crippen molar-refractivity contribution in [1.29, 1.82) is 0 Å². The van der Waals surface area contributed by atoms with Gasteiger partial charge in [0.15, 0.2) is 0 Å². The highest BCUT2D eigenvalue weighted by Crippen LogP contribution is 2.13. The number of likely N-dealkylation sites (tertiary alicyclic amines) is 1.